The molecule has 6 aromatic rings. The second-order valence-electron chi connectivity index (χ2n) is 15.9. The van der Waals surface area contributed by atoms with Crippen molar-refractivity contribution in [3.63, 3.8) is 0 Å². The van der Waals surface area contributed by atoms with Gasteiger partial charge in [-0.1, -0.05) is 23.2 Å². The van der Waals surface area contributed by atoms with Crippen LogP contribution in [0.1, 0.15) is 47.9 Å². The van der Waals surface area contributed by atoms with Crippen molar-refractivity contribution < 1.29 is 54.9 Å². The first-order chi connectivity index (χ1) is 31.7. The molecule has 67 heavy (non-hydrogen) atoms. The van der Waals surface area contributed by atoms with Gasteiger partial charge < -0.3 is 23.7 Å². The van der Waals surface area contributed by atoms with Crippen LogP contribution in [-0.2, 0) is 34.3 Å². The van der Waals surface area contributed by atoms with E-state index in [9.17, 15) is 31.2 Å². The lowest BCUT2D eigenvalue weighted by Crippen LogP contribution is -2.42. The van der Waals surface area contributed by atoms with Crippen LogP contribution in [0.2, 0.25) is 10.0 Å². The third kappa shape index (κ3) is 11.6. The van der Waals surface area contributed by atoms with Crippen molar-refractivity contribution >= 4 is 72.7 Å². The molecule has 23 heteroatoms. The number of amides is 1. The van der Waals surface area contributed by atoms with Crippen molar-refractivity contribution in [2.45, 2.75) is 54.7 Å². The number of methoxy groups -OCH3 is 2. The van der Waals surface area contributed by atoms with Gasteiger partial charge in [-0.25, -0.2) is 40.6 Å². The molecule has 7 rings (SSSR count). The Morgan fingerprint density at radius 3 is 1.63 bits per heavy atom. The number of benzene rings is 4. The summed E-state index contributed by atoms with van der Waals surface area (Å²) >= 11 is 12.0. The van der Waals surface area contributed by atoms with E-state index in [0.717, 1.165) is 26.6 Å². The minimum Gasteiger partial charge on any atom is -0.491 e. The van der Waals surface area contributed by atoms with E-state index in [0.29, 0.717) is 21.4 Å². The monoisotopic (exact) mass is 995 g/mol. The fraction of sp³-hybridized carbons (Fsp3) is 0.250. The number of esters is 2. The van der Waals surface area contributed by atoms with E-state index in [1.165, 1.54) is 63.1 Å². The number of nitrogens with one attached hydrogen (secondary N) is 2. The lowest BCUT2D eigenvalue weighted by molar-refractivity contribution is 0.0176. The minimum atomic E-state index is -4.26. The molecule has 0 spiro atoms. The lowest BCUT2D eigenvalue weighted by Gasteiger charge is -2.28. The highest BCUT2D eigenvalue weighted by Gasteiger charge is 2.39. The Balaban J connectivity index is 1.07. The van der Waals surface area contributed by atoms with Gasteiger partial charge in [0.25, 0.3) is 20.0 Å². The van der Waals surface area contributed by atoms with Crippen LogP contribution in [0.15, 0.2) is 120 Å². The van der Waals surface area contributed by atoms with Gasteiger partial charge in [0.05, 0.1) is 85.5 Å². The molecular formula is C44H43Cl2N7O12S2. The first kappa shape index (κ1) is 48.1. The Kier molecular flexibility index (Phi) is 14.1. The molecule has 0 aliphatic carbocycles. The summed E-state index contributed by atoms with van der Waals surface area (Å²) in [5.74, 6) is -1.41. The number of rotatable bonds is 15. The summed E-state index contributed by atoms with van der Waals surface area (Å²) in [5, 5.41) is 9.28. The standard InChI is InChI=1S/C44H43Cl2N7O12S2/c1-44(2,3)65-43(56)51-23-34(64-33-15-17-40(38(20-33)42(55)62-5)50-67(59,60)36-22-48-53(25-36)30-12-8-28(46)9-13-30)18-31(51)26-63-32-14-16-39(37(19-32)41(54)61-4)49-66(57,58)35-21-47-52(24-35)29-10-6-27(45)7-11-29/h6-17,19-22,24-25,31,34,49-50H,18,23,26H2,1-5H3. The second-order valence-corrected chi connectivity index (χ2v) is 20.1. The highest BCUT2D eigenvalue weighted by Crippen LogP contribution is 2.32. The number of carbonyl (C=O) groups excluding carboxylic acids is 3. The van der Waals surface area contributed by atoms with Crippen LogP contribution in [0, 0.1) is 0 Å². The first-order valence-corrected chi connectivity index (χ1v) is 23.8. The Morgan fingerprint density at radius 1 is 0.701 bits per heavy atom. The van der Waals surface area contributed by atoms with Crippen molar-refractivity contribution in [3.8, 4) is 22.9 Å². The second kappa shape index (κ2) is 19.6. The Hall–Kier alpha value is -6.81. The molecule has 2 unspecified atom stereocenters. The number of sulfonamides is 2. The van der Waals surface area contributed by atoms with Gasteiger partial charge in [-0.3, -0.25) is 14.3 Å². The number of hydrogen-bond acceptors (Lipinski definition) is 14. The Morgan fingerprint density at radius 2 is 1.16 bits per heavy atom. The molecule has 1 aliphatic rings. The molecule has 0 radical (unpaired) electrons. The number of nitrogens with zero attached hydrogens (tertiary/aromatic N) is 5. The van der Waals surface area contributed by atoms with Gasteiger partial charge in [-0.15, -0.1) is 0 Å². The Bertz CT molecular complexity index is 3030. The topological polar surface area (TPSA) is 229 Å². The smallest absolute Gasteiger partial charge is 0.410 e. The molecule has 1 amide bonds. The van der Waals surface area contributed by atoms with Crippen molar-refractivity contribution in [2.75, 3.05) is 36.8 Å². The first-order valence-electron chi connectivity index (χ1n) is 20.1. The van der Waals surface area contributed by atoms with Crippen LogP contribution in [0.4, 0.5) is 16.2 Å². The van der Waals surface area contributed by atoms with Crippen LogP contribution < -0.4 is 18.9 Å². The molecule has 2 aromatic heterocycles. The molecule has 1 fully saturated rings. The number of likely N-dealkylation sites (tertiary alicyclic amines) is 1. The maximum atomic E-state index is 13.5. The molecule has 2 atom stereocenters. The van der Waals surface area contributed by atoms with Gasteiger partial charge in [0.2, 0.25) is 0 Å². The van der Waals surface area contributed by atoms with Gasteiger partial charge in [0.1, 0.15) is 39.6 Å². The maximum absolute atomic E-state index is 13.5. The highest BCUT2D eigenvalue weighted by atomic mass is 35.5. The molecule has 0 bridgehead atoms. The Labute approximate surface area is 395 Å². The van der Waals surface area contributed by atoms with Crippen molar-refractivity contribution in [1.29, 1.82) is 0 Å². The SMILES string of the molecule is COC(=O)c1cc(OCC2CC(Oc3ccc(NS(=O)(=O)c4cnn(-c5ccc(Cl)cc5)c4)c(C(=O)OC)c3)CN2C(=O)OC(C)(C)C)ccc1NS(=O)(=O)c1cnn(-c2ccc(Cl)cc2)c1. The van der Waals surface area contributed by atoms with Crippen molar-refractivity contribution in [1.82, 2.24) is 24.5 Å². The third-order valence-electron chi connectivity index (χ3n) is 9.95. The summed E-state index contributed by atoms with van der Waals surface area (Å²) in [6.07, 6.45) is 3.77. The van der Waals surface area contributed by atoms with E-state index in [1.807, 2.05) is 0 Å². The van der Waals surface area contributed by atoms with E-state index >= 15 is 0 Å². The van der Waals surface area contributed by atoms with Gasteiger partial charge in [0, 0.05) is 16.5 Å². The van der Waals surface area contributed by atoms with Crippen LogP contribution in [-0.4, -0.2) is 104 Å². The van der Waals surface area contributed by atoms with Crippen molar-refractivity contribution in [3.05, 3.63) is 131 Å². The van der Waals surface area contributed by atoms with Gasteiger partial charge >= 0.3 is 18.0 Å². The average molecular weight is 997 g/mol. The summed E-state index contributed by atoms with van der Waals surface area (Å²) in [7, 11) is -6.23. The van der Waals surface area contributed by atoms with Gasteiger partial charge in [-0.05, 0) is 106 Å². The third-order valence-corrected chi connectivity index (χ3v) is 13.1. The molecule has 2 N–H and O–H groups in total. The van der Waals surface area contributed by atoms with Gasteiger partial charge in [0.15, 0.2) is 0 Å². The summed E-state index contributed by atoms with van der Waals surface area (Å²) in [6, 6.07) is 20.8. The zero-order valence-electron chi connectivity index (χ0n) is 36.4. The molecular weight excluding hydrogens is 954 g/mol. The zero-order valence-corrected chi connectivity index (χ0v) is 39.5. The predicted molar refractivity (Wildman–Crippen MR) is 246 cm³/mol. The van der Waals surface area contributed by atoms with Crippen LogP contribution in [0.5, 0.6) is 11.5 Å². The number of halogens is 2. The average Bonchev–Trinajstić information content (AvgIpc) is 4.08. The number of hydrogen-bond donors (Lipinski definition) is 2. The van der Waals surface area contributed by atoms with E-state index in [1.54, 1.807) is 69.3 Å². The minimum absolute atomic E-state index is 0.0191. The largest absolute Gasteiger partial charge is 0.491 e. The predicted octanol–water partition coefficient (Wildman–Crippen LogP) is 7.38. The fourth-order valence-corrected chi connectivity index (χ4v) is 9.03. The summed E-state index contributed by atoms with van der Waals surface area (Å²) in [5.41, 5.74) is -0.241. The molecule has 3 heterocycles. The summed E-state index contributed by atoms with van der Waals surface area (Å²) in [6.45, 7) is 5.03. The van der Waals surface area contributed by atoms with Crippen LogP contribution >= 0.6 is 23.2 Å². The summed E-state index contributed by atoms with van der Waals surface area (Å²) in [4.78, 5) is 40.6. The van der Waals surface area contributed by atoms with E-state index in [-0.39, 0.29) is 63.4 Å². The van der Waals surface area contributed by atoms with Gasteiger partial charge in [-0.2, -0.15) is 10.2 Å². The van der Waals surface area contributed by atoms with Crippen molar-refractivity contribution in [2.24, 2.45) is 0 Å². The number of anilines is 2. The number of carbonyl (C=O) groups is 3. The van der Waals surface area contributed by atoms with E-state index in [2.05, 4.69) is 19.6 Å². The molecule has 352 valence electrons. The summed E-state index contributed by atoms with van der Waals surface area (Å²) < 4.78 is 89.5. The van der Waals surface area contributed by atoms with E-state index in [4.69, 9.17) is 46.9 Å². The maximum Gasteiger partial charge on any atom is 0.410 e. The molecule has 4 aromatic carbocycles. The van der Waals surface area contributed by atoms with Crippen LogP contribution in [0.3, 0.4) is 0 Å². The normalized spacial score (nSPS) is 15.1. The number of ether oxygens (including phenoxy) is 5. The molecule has 0 saturated carbocycles. The quantitative estimate of drug-likeness (QED) is 0.0756. The fourth-order valence-electron chi connectivity index (χ4n) is 6.76. The van der Waals surface area contributed by atoms with Crippen LogP contribution in [0.25, 0.3) is 11.4 Å². The zero-order chi connectivity index (χ0) is 48.3. The number of aromatic nitrogens is 4. The molecule has 19 nitrogen and oxygen atoms in total. The van der Waals surface area contributed by atoms with E-state index < -0.39 is 55.8 Å². The lowest BCUT2D eigenvalue weighted by atomic mass is 10.1. The highest BCUT2D eigenvalue weighted by molar-refractivity contribution is 7.93. The molecule has 1 saturated heterocycles. The molecule has 1 aliphatic heterocycles.